The fraction of sp³-hybridized carbons (Fsp3) is 0.538. The van der Waals surface area contributed by atoms with E-state index in [-0.39, 0.29) is 6.61 Å². The lowest BCUT2D eigenvalue weighted by Gasteiger charge is -2.23. The Balaban J connectivity index is 2.68. The van der Waals surface area contributed by atoms with Crippen molar-refractivity contribution >= 4 is 5.69 Å². The predicted octanol–water partition coefficient (Wildman–Crippen LogP) is 0.925. The molecule has 0 spiro atoms. The van der Waals surface area contributed by atoms with Crippen LogP contribution in [0.4, 0.5) is 5.69 Å². The summed E-state index contributed by atoms with van der Waals surface area (Å²) in [6, 6.07) is 5.62. The van der Waals surface area contributed by atoms with Crippen molar-refractivity contribution in [3.8, 4) is 0 Å². The van der Waals surface area contributed by atoms with E-state index in [0.717, 1.165) is 17.7 Å². The van der Waals surface area contributed by atoms with Gasteiger partial charge in [0, 0.05) is 18.8 Å². The molecule has 1 aromatic rings. The zero-order chi connectivity index (χ0) is 12.8. The summed E-state index contributed by atoms with van der Waals surface area (Å²) in [5.41, 5.74) is 8.36. The molecule has 1 rings (SSSR count). The highest BCUT2D eigenvalue weighted by molar-refractivity contribution is 5.48. The average Bonchev–Trinajstić information content (AvgIpc) is 2.31. The van der Waals surface area contributed by atoms with Crippen LogP contribution in [-0.4, -0.2) is 41.4 Å². The Morgan fingerprint density at radius 2 is 2.12 bits per heavy atom. The summed E-state index contributed by atoms with van der Waals surface area (Å²) in [6.07, 6.45) is -0.565. The van der Waals surface area contributed by atoms with E-state index in [2.05, 4.69) is 0 Å². The zero-order valence-corrected chi connectivity index (χ0v) is 10.6. The Morgan fingerprint density at radius 3 is 2.65 bits per heavy atom. The monoisotopic (exact) mass is 238 g/mol. The second-order valence-electron chi connectivity index (χ2n) is 4.25. The van der Waals surface area contributed by atoms with Gasteiger partial charge >= 0.3 is 0 Å². The first-order chi connectivity index (χ1) is 8.08. The Labute approximate surface area is 103 Å². The molecule has 0 heterocycles. The van der Waals surface area contributed by atoms with Gasteiger partial charge in [-0.1, -0.05) is 19.1 Å². The summed E-state index contributed by atoms with van der Waals surface area (Å²) < 4.78 is 0. The van der Waals surface area contributed by atoms with E-state index in [1.54, 1.807) is 0 Å². The minimum absolute atomic E-state index is 0.108. The summed E-state index contributed by atoms with van der Waals surface area (Å²) in [7, 11) is 0. The maximum atomic E-state index is 10.1. The molecule has 4 nitrogen and oxygen atoms in total. The molecule has 1 unspecified atom stereocenters. The lowest BCUT2D eigenvalue weighted by atomic mass is 10.1. The molecule has 4 heteroatoms. The molecule has 0 saturated heterocycles. The molecule has 0 aromatic heterocycles. The predicted molar refractivity (Wildman–Crippen MR) is 69.8 cm³/mol. The van der Waals surface area contributed by atoms with Crippen molar-refractivity contribution in [2.24, 2.45) is 0 Å². The van der Waals surface area contributed by atoms with Crippen LogP contribution in [0.3, 0.4) is 0 Å². The van der Waals surface area contributed by atoms with Crippen molar-refractivity contribution in [3.63, 3.8) is 0 Å². The van der Waals surface area contributed by atoms with Crippen molar-refractivity contribution in [1.29, 1.82) is 0 Å². The number of rotatable bonds is 6. The molecular weight excluding hydrogens is 216 g/mol. The smallest absolute Gasteiger partial charge is 0.0917 e. The Bertz CT molecular complexity index is 355. The molecule has 0 amide bonds. The summed E-state index contributed by atoms with van der Waals surface area (Å²) in [5, 5.41) is 19.0. The summed E-state index contributed by atoms with van der Waals surface area (Å²) in [4.78, 5) is 2.00. The summed E-state index contributed by atoms with van der Waals surface area (Å²) in [6.45, 7) is 5.95. The molecule has 0 aliphatic heterocycles. The fourth-order valence-corrected chi connectivity index (χ4v) is 1.74. The number of likely N-dealkylation sites (N-methyl/N-ethyl adjacent to an activating group) is 1. The van der Waals surface area contributed by atoms with Crippen LogP contribution in [0.1, 0.15) is 24.2 Å². The lowest BCUT2D eigenvalue weighted by molar-refractivity contribution is 0.103. The third kappa shape index (κ3) is 4.00. The van der Waals surface area contributed by atoms with Gasteiger partial charge in [-0.3, -0.25) is 4.90 Å². The Hall–Kier alpha value is -1.10. The molecule has 4 N–H and O–H groups in total. The van der Waals surface area contributed by atoms with Crippen molar-refractivity contribution in [2.45, 2.75) is 20.0 Å². The number of nitrogen functional groups attached to an aromatic ring is 1. The van der Waals surface area contributed by atoms with E-state index >= 15 is 0 Å². The van der Waals surface area contributed by atoms with E-state index in [1.807, 2.05) is 36.9 Å². The Kier molecular flexibility index (Phi) is 5.41. The molecule has 0 aliphatic rings. The first-order valence-corrected chi connectivity index (χ1v) is 5.95. The quantitative estimate of drug-likeness (QED) is 0.645. The van der Waals surface area contributed by atoms with Gasteiger partial charge in [0.2, 0.25) is 0 Å². The third-order valence-electron chi connectivity index (χ3n) is 2.98. The number of nitrogens with two attached hydrogens (primary N) is 1. The van der Waals surface area contributed by atoms with Crippen LogP contribution in [0.2, 0.25) is 0 Å². The molecule has 0 radical (unpaired) electrons. The first kappa shape index (κ1) is 14.0. The van der Waals surface area contributed by atoms with Crippen LogP contribution in [0.25, 0.3) is 0 Å². The third-order valence-corrected chi connectivity index (χ3v) is 2.98. The van der Waals surface area contributed by atoms with Crippen LogP contribution in [0.15, 0.2) is 18.2 Å². The summed E-state index contributed by atoms with van der Waals surface area (Å²) >= 11 is 0. The number of aliphatic hydroxyl groups is 2. The van der Waals surface area contributed by atoms with Gasteiger partial charge in [0.25, 0.3) is 0 Å². The van der Waals surface area contributed by atoms with E-state index in [0.29, 0.717) is 18.8 Å². The van der Waals surface area contributed by atoms with Crippen LogP contribution < -0.4 is 5.73 Å². The highest BCUT2D eigenvalue weighted by Crippen LogP contribution is 2.19. The van der Waals surface area contributed by atoms with Crippen molar-refractivity contribution in [1.82, 2.24) is 4.90 Å². The van der Waals surface area contributed by atoms with E-state index in [1.165, 1.54) is 0 Å². The number of aryl methyl sites for hydroxylation is 1. The van der Waals surface area contributed by atoms with Gasteiger partial charge in [-0.2, -0.15) is 0 Å². The Morgan fingerprint density at radius 1 is 1.41 bits per heavy atom. The van der Waals surface area contributed by atoms with Gasteiger partial charge in [0.05, 0.1) is 12.7 Å². The normalized spacial score (nSPS) is 13.0. The highest BCUT2D eigenvalue weighted by atomic mass is 16.3. The zero-order valence-electron chi connectivity index (χ0n) is 10.6. The first-order valence-electron chi connectivity index (χ1n) is 5.95. The van der Waals surface area contributed by atoms with Crippen LogP contribution in [-0.2, 0) is 0 Å². The topological polar surface area (TPSA) is 69.7 Å². The largest absolute Gasteiger partial charge is 0.399 e. The molecule has 0 aliphatic carbocycles. The van der Waals surface area contributed by atoms with Crippen molar-refractivity contribution < 1.29 is 10.2 Å². The maximum absolute atomic E-state index is 10.1. The fourth-order valence-electron chi connectivity index (χ4n) is 1.74. The lowest BCUT2D eigenvalue weighted by Crippen LogP contribution is -2.31. The van der Waals surface area contributed by atoms with Crippen LogP contribution >= 0.6 is 0 Å². The molecule has 0 fully saturated rings. The van der Waals surface area contributed by atoms with E-state index in [4.69, 9.17) is 10.8 Å². The number of nitrogens with zero attached hydrogens (tertiary/aromatic N) is 1. The number of aliphatic hydroxyl groups excluding tert-OH is 2. The molecule has 1 aromatic carbocycles. The number of anilines is 1. The molecule has 1 atom stereocenters. The van der Waals surface area contributed by atoms with Crippen molar-refractivity contribution in [2.75, 3.05) is 32.0 Å². The second kappa shape index (κ2) is 6.59. The van der Waals surface area contributed by atoms with Gasteiger partial charge in [0.15, 0.2) is 0 Å². The molecule has 96 valence electrons. The number of hydrogen-bond donors (Lipinski definition) is 3. The van der Waals surface area contributed by atoms with Gasteiger partial charge in [-0.25, -0.2) is 0 Å². The van der Waals surface area contributed by atoms with Crippen LogP contribution in [0, 0.1) is 6.92 Å². The van der Waals surface area contributed by atoms with E-state index < -0.39 is 6.10 Å². The molecule has 0 bridgehead atoms. The van der Waals surface area contributed by atoms with Crippen molar-refractivity contribution in [3.05, 3.63) is 29.3 Å². The average molecular weight is 238 g/mol. The van der Waals surface area contributed by atoms with Gasteiger partial charge < -0.3 is 15.9 Å². The molecule has 17 heavy (non-hydrogen) atoms. The minimum atomic E-state index is -0.565. The number of hydrogen-bond acceptors (Lipinski definition) is 4. The van der Waals surface area contributed by atoms with Gasteiger partial charge in [0.1, 0.15) is 0 Å². The standard InChI is InChI=1S/C13H22N2O2/c1-3-15(6-7-16)9-13(17)11-5-4-10(2)12(14)8-11/h4-5,8,13,16-17H,3,6-7,9,14H2,1-2H3. The van der Waals surface area contributed by atoms with E-state index in [9.17, 15) is 5.11 Å². The molecule has 0 saturated carbocycles. The van der Waals surface area contributed by atoms with Crippen LogP contribution in [0.5, 0.6) is 0 Å². The summed E-state index contributed by atoms with van der Waals surface area (Å²) in [5.74, 6) is 0. The minimum Gasteiger partial charge on any atom is -0.399 e. The van der Waals surface area contributed by atoms with Gasteiger partial charge in [-0.15, -0.1) is 0 Å². The SMILES string of the molecule is CCN(CCO)CC(O)c1ccc(C)c(N)c1. The second-order valence-corrected chi connectivity index (χ2v) is 4.25. The number of benzene rings is 1. The molecular formula is C13H22N2O2. The highest BCUT2D eigenvalue weighted by Gasteiger charge is 2.12. The van der Waals surface area contributed by atoms with Gasteiger partial charge in [-0.05, 0) is 30.7 Å². The maximum Gasteiger partial charge on any atom is 0.0917 e.